The molecule has 0 spiro atoms. The third-order valence-corrected chi connectivity index (χ3v) is 2.85. The monoisotopic (exact) mass is 267 g/mol. The largest absolute Gasteiger partial charge is 0.484 e. The predicted molar refractivity (Wildman–Crippen MR) is 72.5 cm³/mol. The van der Waals surface area contributed by atoms with Crippen molar-refractivity contribution in [1.29, 1.82) is 0 Å². The molecule has 0 fully saturated rings. The van der Waals surface area contributed by atoms with Crippen molar-refractivity contribution in [3.63, 3.8) is 0 Å². The van der Waals surface area contributed by atoms with E-state index < -0.39 is 0 Å². The van der Waals surface area contributed by atoms with Gasteiger partial charge in [0.25, 0.3) is 0 Å². The minimum absolute atomic E-state index is 0.286. The molecule has 0 unspecified atom stereocenters. The van der Waals surface area contributed by atoms with E-state index in [1.165, 1.54) is 0 Å². The molecule has 0 N–H and O–H groups in total. The van der Waals surface area contributed by atoms with Gasteiger partial charge >= 0.3 is 0 Å². The molecule has 6 nitrogen and oxygen atoms in total. The van der Waals surface area contributed by atoms with E-state index in [2.05, 4.69) is 20.5 Å². The van der Waals surface area contributed by atoms with Crippen LogP contribution in [0.3, 0.4) is 0 Å². The Bertz CT molecular complexity index is 696. The lowest BCUT2D eigenvalue weighted by Crippen LogP contribution is -2.07. The van der Waals surface area contributed by atoms with Gasteiger partial charge in [0.15, 0.2) is 5.82 Å². The molecule has 2 heterocycles. The molecule has 0 atom stereocenters. The van der Waals surface area contributed by atoms with E-state index in [9.17, 15) is 0 Å². The van der Waals surface area contributed by atoms with Gasteiger partial charge in [-0.2, -0.15) is 4.68 Å². The number of ether oxygens (including phenoxy) is 1. The Kier molecular flexibility index (Phi) is 3.36. The van der Waals surface area contributed by atoms with Crippen LogP contribution in [0.25, 0.3) is 5.69 Å². The molecule has 1 aromatic carbocycles. The van der Waals surface area contributed by atoms with Crippen LogP contribution in [0.4, 0.5) is 0 Å². The summed E-state index contributed by atoms with van der Waals surface area (Å²) in [6.45, 7) is 2.18. The van der Waals surface area contributed by atoms with Gasteiger partial charge in [0, 0.05) is 6.20 Å². The van der Waals surface area contributed by atoms with Crippen LogP contribution in [0.15, 0.2) is 48.7 Å². The minimum Gasteiger partial charge on any atom is -0.484 e. The summed E-state index contributed by atoms with van der Waals surface area (Å²) < 4.78 is 7.38. The smallest absolute Gasteiger partial charge is 0.194 e. The van der Waals surface area contributed by atoms with Crippen LogP contribution in [-0.4, -0.2) is 25.2 Å². The third-order valence-electron chi connectivity index (χ3n) is 2.85. The van der Waals surface area contributed by atoms with E-state index in [1.54, 1.807) is 10.9 Å². The zero-order valence-corrected chi connectivity index (χ0v) is 11.0. The molecule has 20 heavy (non-hydrogen) atoms. The molecule has 0 amide bonds. The van der Waals surface area contributed by atoms with Crippen molar-refractivity contribution in [3.05, 3.63) is 60.2 Å². The Morgan fingerprint density at radius 3 is 2.75 bits per heavy atom. The summed E-state index contributed by atoms with van der Waals surface area (Å²) >= 11 is 0. The van der Waals surface area contributed by atoms with Gasteiger partial charge < -0.3 is 4.74 Å². The highest BCUT2D eigenvalue weighted by Gasteiger charge is 2.09. The molecule has 0 saturated carbocycles. The van der Waals surface area contributed by atoms with Crippen molar-refractivity contribution in [3.8, 4) is 11.4 Å². The van der Waals surface area contributed by atoms with E-state index in [1.807, 2.05) is 49.4 Å². The molecule has 0 radical (unpaired) electrons. The zero-order chi connectivity index (χ0) is 13.8. The number of rotatable bonds is 4. The van der Waals surface area contributed by atoms with E-state index in [0.29, 0.717) is 5.82 Å². The normalized spacial score (nSPS) is 10.4. The number of nitrogens with zero attached hydrogens (tertiary/aromatic N) is 5. The van der Waals surface area contributed by atoms with Gasteiger partial charge in [0.05, 0.1) is 11.4 Å². The average molecular weight is 267 g/mol. The maximum absolute atomic E-state index is 5.72. The maximum Gasteiger partial charge on any atom is 0.194 e. The van der Waals surface area contributed by atoms with E-state index in [4.69, 9.17) is 4.74 Å². The van der Waals surface area contributed by atoms with Crippen molar-refractivity contribution in [2.45, 2.75) is 13.5 Å². The standard InChI is InChI=1S/C14H13N5O/c1-11-13(8-5-9-15-11)20-10-14-16-17-18-19(14)12-6-3-2-4-7-12/h2-9H,10H2,1H3. The Morgan fingerprint density at radius 2 is 1.95 bits per heavy atom. The highest BCUT2D eigenvalue weighted by atomic mass is 16.5. The summed E-state index contributed by atoms with van der Waals surface area (Å²) in [6, 6.07) is 13.4. The number of hydrogen-bond donors (Lipinski definition) is 0. The molecule has 0 aliphatic heterocycles. The Balaban J connectivity index is 1.80. The fourth-order valence-electron chi connectivity index (χ4n) is 1.83. The number of pyridine rings is 1. The fourth-order valence-corrected chi connectivity index (χ4v) is 1.83. The Hall–Kier alpha value is -2.76. The van der Waals surface area contributed by atoms with Crippen LogP contribution in [0.1, 0.15) is 11.5 Å². The van der Waals surface area contributed by atoms with Crippen LogP contribution < -0.4 is 4.74 Å². The van der Waals surface area contributed by atoms with Gasteiger partial charge in [0.2, 0.25) is 0 Å². The molecule has 6 heteroatoms. The van der Waals surface area contributed by atoms with E-state index in [-0.39, 0.29) is 6.61 Å². The second-order valence-electron chi connectivity index (χ2n) is 4.22. The summed E-state index contributed by atoms with van der Waals surface area (Å²) in [5.74, 6) is 1.37. The minimum atomic E-state index is 0.286. The van der Waals surface area contributed by atoms with E-state index in [0.717, 1.165) is 17.1 Å². The Morgan fingerprint density at radius 1 is 1.10 bits per heavy atom. The molecule has 0 bridgehead atoms. The van der Waals surface area contributed by atoms with Crippen LogP contribution in [0.2, 0.25) is 0 Å². The summed E-state index contributed by atoms with van der Waals surface area (Å²) in [4.78, 5) is 4.18. The lowest BCUT2D eigenvalue weighted by Gasteiger charge is -2.08. The first-order valence-corrected chi connectivity index (χ1v) is 6.22. The average Bonchev–Trinajstić information content (AvgIpc) is 2.96. The molecule has 3 aromatic rings. The van der Waals surface area contributed by atoms with Crippen LogP contribution >= 0.6 is 0 Å². The number of aromatic nitrogens is 5. The first-order chi connectivity index (χ1) is 9.84. The SMILES string of the molecule is Cc1ncccc1OCc1nnnn1-c1ccccc1. The third kappa shape index (κ3) is 2.49. The van der Waals surface area contributed by atoms with Crippen LogP contribution in [-0.2, 0) is 6.61 Å². The van der Waals surface area contributed by atoms with Crippen molar-refractivity contribution >= 4 is 0 Å². The lowest BCUT2D eigenvalue weighted by atomic mass is 10.3. The van der Waals surface area contributed by atoms with Gasteiger partial charge in [-0.05, 0) is 41.6 Å². The van der Waals surface area contributed by atoms with Crippen molar-refractivity contribution in [2.75, 3.05) is 0 Å². The van der Waals surface area contributed by atoms with Crippen molar-refractivity contribution in [1.82, 2.24) is 25.2 Å². The Labute approximate surface area is 116 Å². The molecule has 3 rings (SSSR count). The second-order valence-corrected chi connectivity index (χ2v) is 4.22. The van der Waals surface area contributed by atoms with Crippen LogP contribution in [0, 0.1) is 6.92 Å². The van der Waals surface area contributed by atoms with Gasteiger partial charge in [-0.1, -0.05) is 18.2 Å². The highest BCUT2D eigenvalue weighted by Crippen LogP contribution is 2.15. The number of tetrazole rings is 1. The number of para-hydroxylation sites is 1. The lowest BCUT2D eigenvalue weighted by molar-refractivity contribution is 0.289. The predicted octanol–water partition coefficient (Wildman–Crippen LogP) is 1.94. The number of benzene rings is 1. The topological polar surface area (TPSA) is 65.7 Å². The van der Waals surface area contributed by atoms with Crippen LogP contribution in [0.5, 0.6) is 5.75 Å². The molecule has 2 aromatic heterocycles. The van der Waals surface area contributed by atoms with Gasteiger partial charge in [0.1, 0.15) is 12.4 Å². The first kappa shape index (κ1) is 12.3. The molecule has 0 aliphatic rings. The highest BCUT2D eigenvalue weighted by molar-refractivity contribution is 5.30. The van der Waals surface area contributed by atoms with Crippen molar-refractivity contribution in [2.24, 2.45) is 0 Å². The fraction of sp³-hybridized carbons (Fsp3) is 0.143. The molecule has 0 aliphatic carbocycles. The molecule has 100 valence electrons. The molecule has 0 saturated heterocycles. The zero-order valence-electron chi connectivity index (χ0n) is 11.0. The molecular weight excluding hydrogens is 254 g/mol. The maximum atomic E-state index is 5.72. The first-order valence-electron chi connectivity index (χ1n) is 6.22. The van der Waals surface area contributed by atoms with Gasteiger partial charge in [-0.15, -0.1) is 5.10 Å². The number of aryl methyl sites for hydroxylation is 1. The van der Waals surface area contributed by atoms with Crippen molar-refractivity contribution < 1.29 is 4.74 Å². The van der Waals surface area contributed by atoms with E-state index >= 15 is 0 Å². The number of hydrogen-bond acceptors (Lipinski definition) is 5. The molecular formula is C14H13N5O. The summed E-state index contributed by atoms with van der Waals surface area (Å²) in [5.41, 5.74) is 1.74. The van der Waals surface area contributed by atoms with Gasteiger partial charge in [-0.3, -0.25) is 4.98 Å². The summed E-state index contributed by atoms with van der Waals surface area (Å²) in [6.07, 6.45) is 1.73. The summed E-state index contributed by atoms with van der Waals surface area (Å²) in [7, 11) is 0. The second kappa shape index (κ2) is 5.48. The quantitative estimate of drug-likeness (QED) is 0.722. The summed E-state index contributed by atoms with van der Waals surface area (Å²) in [5, 5.41) is 11.7. The van der Waals surface area contributed by atoms with Gasteiger partial charge in [-0.25, -0.2) is 0 Å².